The molecule has 1 aromatic carbocycles. The second kappa shape index (κ2) is 9.10. The van der Waals surface area contributed by atoms with Gasteiger partial charge in [-0.1, -0.05) is 6.07 Å². The smallest absolute Gasteiger partial charge is 0.282 e. The van der Waals surface area contributed by atoms with Crippen molar-refractivity contribution in [1.82, 2.24) is 4.98 Å². The van der Waals surface area contributed by atoms with Gasteiger partial charge < -0.3 is 15.8 Å². The quantitative estimate of drug-likeness (QED) is 0.569. The maximum absolute atomic E-state index is 12.4. The molecule has 2 rings (SSSR count). The monoisotopic (exact) mass is 401 g/mol. The SMILES string of the molecule is Cc1ccc(NC(=O)c2ccc(C#N)cn2)cc1C(C)(C)N=C(N)OCC(F)F. The number of amidine groups is 1. The number of nitrogens with zero attached hydrogens (tertiary/aromatic N) is 3. The number of alkyl halides is 2. The molecule has 1 aromatic heterocycles. The number of amides is 1. The minimum Gasteiger partial charge on any atom is -0.459 e. The Morgan fingerprint density at radius 2 is 2.10 bits per heavy atom. The summed E-state index contributed by atoms with van der Waals surface area (Å²) in [6.45, 7) is 4.53. The largest absolute Gasteiger partial charge is 0.459 e. The number of aliphatic imine (C=N–C) groups is 1. The average molecular weight is 401 g/mol. The number of nitrogens with two attached hydrogens (primary N) is 1. The van der Waals surface area contributed by atoms with Gasteiger partial charge in [0.05, 0.1) is 11.1 Å². The number of carbonyl (C=O) groups excluding carboxylic acids is 1. The van der Waals surface area contributed by atoms with E-state index in [-0.39, 0.29) is 11.7 Å². The van der Waals surface area contributed by atoms with Crippen LogP contribution in [-0.4, -0.2) is 29.9 Å². The fourth-order valence-electron chi connectivity index (χ4n) is 2.66. The zero-order chi connectivity index (χ0) is 21.6. The first-order valence-corrected chi connectivity index (χ1v) is 8.67. The maximum Gasteiger partial charge on any atom is 0.282 e. The lowest BCUT2D eigenvalue weighted by atomic mass is 9.90. The van der Waals surface area contributed by atoms with E-state index < -0.39 is 24.5 Å². The summed E-state index contributed by atoms with van der Waals surface area (Å²) in [6.07, 6.45) is -1.34. The molecule has 0 radical (unpaired) electrons. The number of ether oxygens (including phenoxy) is 1. The van der Waals surface area contributed by atoms with Crippen LogP contribution in [0.3, 0.4) is 0 Å². The van der Waals surface area contributed by atoms with E-state index in [1.54, 1.807) is 32.0 Å². The molecule has 0 atom stereocenters. The van der Waals surface area contributed by atoms with Crippen LogP contribution in [0.1, 0.15) is 41.0 Å². The van der Waals surface area contributed by atoms with E-state index in [0.29, 0.717) is 11.3 Å². The highest BCUT2D eigenvalue weighted by Crippen LogP contribution is 2.30. The fourth-order valence-corrected chi connectivity index (χ4v) is 2.66. The third-order valence-corrected chi connectivity index (χ3v) is 4.03. The van der Waals surface area contributed by atoms with Crippen LogP contribution in [0.25, 0.3) is 0 Å². The Hall–Kier alpha value is -3.54. The lowest BCUT2D eigenvalue weighted by Gasteiger charge is -2.24. The van der Waals surface area contributed by atoms with Crippen molar-refractivity contribution in [1.29, 1.82) is 5.26 Å². The van der Waals surface area contributed by atoms with Crippen molar-refractivity contribution in [3.63, 3.8) is 0 Å². The van der Waals surface area contributed by atoms with Crippen LogP contribution in [-0.2, 0) is 10.3 Å². The Labute approximate surface area is 167 Å². The number of halogens is 2. The number of nitriles is 1. The second-order valence-corrected chi connectivity index (χ2v) is 6.74. The zero-order valence-electron chi connectivity index (χ0n) is 16.2. The van der Waals surface area contributed by atoms with Gasteiger partial charge in [0.2, 0.25) is 0 Å². The van der Waals surface area contributed by atoms with Gasteiger partial charge in [-0.15, -0.1) is 0 Å². The molecule has 29 heavy (non-hydrogen) atoms. The van der Waals surface area contributed by atoms with E-state index in [1.165, 1.54) is 18.3 Å². The van der Waals surface area contributed by atoms with E-state index in [4.69, 9.17) is 15.7 Å². The highest BCUT2D eigenvalue weighted by molar-refractivity contribution is 6.02. The van der Waals surface area contributed by atoms with Gasteiger partial charge in [-0.25, -0.2) is 18.8 Å². The van der Waals surface area contributed by atoms with Crippen molar-refractivity contribution < 1.29 is 18.3 Å². The van der Waals surface area contributed by atoms with E-state index in [0.717, 1.165) is 11.1 Å². The maximum atomic E-state index is 12.4. The summed E-state index contributed by atoms with van der Waals surface area (Å²) in [5.74, 6) is -0.439. The summed E-state index contributed by atoms with van der Waals surface area (Å²) in [5, 5.41) is 11.5. The van der Waals surface area contributed by atoms with Crippen LogP contribution in [0, 0.1) is 18.3 Å². The Morgan fingerprint density at radius 3 is 2.69 bits per heavy atom. The number of carbonyl (C=O) groups is 1. The molecule has 7 nitrogen and oxygen atoms in total. The van der Waals surface area contributed by atoms with E-state index in [1.807, 2.05) is 13.0 Å². The van der Waals surface area contributed by atoms with Crippen molar-refractivity contribution in [3.8, 4) is 6.07 Å². The van der Waals surface area contributed by atoms with Gasteiger partial charge in [-0.3, -0.25) is 4.79 Å². The summed E-state index contributed by atoms with van der Waals surface area (Å²) < 4.78 is 29.3. The van der Waals surface area contributed by atoms with Gasteiger partial charge in [0.25, 0.3) is 18.4 Å². The van der Waals surface area contributed by atoms with Crippen molar-refractivity contribution in [2.75, 3.05) is 11.9 Å². The second-order valence-electron chi connectivity index (χ2n) is 6.74. The molecule has 0 aliphatic heterocycles. The number of aryl methyl sites for hydroxylation is 1. The van der Waals surface area contributed by atoms with Gasteiger partial charge in [-0.2, -0.15) is 5.26 Å². The van der Waals surface area contributed by atoms with Crippen molar-refractivity contribution in [2.24, 2.45) is 10.7 Å². The normalized spacial score (nSPS) is 11.8. The molecule has 9 heteroatoms. The summed E-state index contributed by atoms with van der Waals surface area (Å²) in [7, 11) is 0. The predicted octanol–water partition coefficient (Wildman–Crippen LogP) is 3.35. The van der Waals surface area contributed by atoms with Crippen LogP contribution in [0.2, 0.25) is 0 Å². The Kier molecular flexibility index (Phi) is 6.83. The average Bonchev–Trinajstić information content (AvgIpc) is 2.67. The molecule has 0 fully saturated rings. The number of aromatic nitrogens is 1. The first-order chi connectivity index (χ1) is 13.6. The molecule has 1 amide bonds. The van der Waals surface area contributed by atoms with Crippen molar-refractivity contribution in [2.45, 2.75) is 32.7 Å². The summed E-state index contributed by atoms with van der Waals surface area (Å²) in [4.78, 5) is 20.5. The molecular weight excluding hydrogens is 380 g/mol. The first-order valence-electron chi connectivity index (χ1n) is 8.67. The predicted molar refractivity (Wildman–Crippen MR) is 105 cm³/mol. The van der Waals surface area contributed by atoms with Crippen molar-refractivity contribution >= 4 is 17.6 Å². The lowest BCUT2D eigenvalue weighted by Crippen LogP contribution is -2.26. The summed E-state index contributed by atoms with van der Waals surface area (Å²) >= 11 is 0. The minimum atomic E-state index is -2.65. The van der Waals surface area contributed by atoms with Gasteiger partial charge in [0.1, 0.15) is 11.8 Å². The number of pyridine rings is 1. The number of rotatable bonds is 6. The van der Waals surface area contributed by atoms with Crippen LogP contribution in [0.15, 0.2) is 41.5 Å². The third kappa shape index (κ3) is 5.97. The molecule has 152 valence electrons. The third-order valence-electron chi connectivity index (χ3n) is 4.03. The van der Waals surface area contributed by atoms with Gasteiger partial charge in [0.15, 0.2) is 6.61 Å². The van der Waals surface area contributed by atoms with Gasteiger partial charge >= 0.3 is 0 Å². The van der Waals surface area contributed by atoms with E-state index in [9.17, 15) is 13.6 Å². The number of hydrogen-bond acceptors (Lipinski definition) is 5. The molecule has 0 spiro atoms. The molecule has 0 saturated carbocycles. The molecule has 0 unspecified atom stereocenters. The molecule has 3 N–H and O–H groups in total. The first kappa shape index (κ1) is 21.8. The number of anilines is 1. The zero-order valence-corrected chi connectivity index (χ0v) is 16.2. The molecule has 2 aromatic rings. The topological polar surface area (TPSA) is 113 Å². The minimum absolute atomic E-state index is 0.160. The van der Waals surface area contributed by atoms with Crippen LogP contribution >= 0.6 is 0 Å². The van der Waals surface area contributed by atoms with Gasteiger partial charge in [-0.05, 0) is 56.2 Å². The number of benzene rings is 1. The highest BCUT2D eigenvalue weighted by atomic mass is 19.3. The van der Waals surface area contributed by atoms with Crippen LogP contribution in [0.4, 0.5) is 14.5 Å². The lowest BCUT2D eigenvalue weighted by molar-refractivity contribution is 0.0746. The molecule has 0 saturated heterocycles. The number of hydrogen-bond donors (Lipinski definition) is 2. The van der Waals surface area contributed by atoms with Crippen molar-refractivity contribution in [3.05, 3.63) is 58.9 Å². The highest BCUT2D eigenvalue weighted by Gasteiger charge is 2.24. The fraction of sp³-hybridized carbons (Fsp3) is 0.300. The molecule has 0 aliphatic rings. The standard InChI is InChI=1S/C20H21F2N5O2/c1-12-4-6-14(26-18(28)16-7-5-13(9-23)10-25-16)8-15(12)20(2,3)27-19(24)29-11-17(21)22/h4-8,10,17H,11H2,1-3H3,(H2,24,27)(H,26,28). The Bertz CT molecular complexity index is 950. The number of nitrogens with one attached hydrogen (secondary N) is 1. The summed E-state index contributed by atoms with van der Waals surface area (Å²) in [6, 6.07) is 9.79. The Balaban J connectivity index is 2.22. The van der Waals surface area contributed by atoms with E-state index in [2.05, 4.69) is 15.3 Å². The molecule has 1 heterocycles. The molecule has 0 bridgehead atoms. The van der Waals surface area contributed by atoms with Gasteiger partial charge in [0, 0.05) is 11.9 Å². The Morgan fingerprint density at radius 1 is 1.38 bits per heavy atom. The van der Waals surface area contributed by atoms with E-state index >= 15 is 0 Å². The molecule has 0 aliphatic carbocycles. The molecular formula is C20H21F2N5O2. The van der Waals surface area contributed by atoms with Crippen LogP contribution < -0.4 is 11.1 Å². The summed E-state index contributed by atoms with van der Waals surface area (Å²) in [5.41, 5.74) is 7.33. The van der Waals surface area contributed by atoms with Crippen LogP contribution in [0.5, 0.6) is 0 Å².